The smallest absolute Gasteiger partial charge is 0.0701 e. The van der Waals surface area contributed by atoms with Crippen LogP contribution in [0, 0.1) is 11.8 Å². The minimum absolute atomic E-state index is 0.757. The molecule has 1 aromatic rings. The average Bonchev–Trinajstić information content (AvgIpc) is 2.80. The first-order valence-electron chi connectivity index (χ1n) is 5.97. The van der Waals surface area contributed by atoms with Crippen molar-refractivity contribution in [3.8, 4) is 0 Å². The van der Waals surface area contributed by atoms with Gasteiger partial charge in [-0.3, -0.25) is 0 Å². The van der Waals surface area contributed by atoms with Crippen molar-refractivity contribution in [1.82, 2.24) is 5.32 Å². The lowest BCUT2D eigenvalue weighted by atomic mass is 9.71. The van der Waals surface area contributed by atoms with Crippen molar-refractivity contribution in [2.75, 3.05) is 6.54 Å². The summed E-state index contributed by atoms with van der Waals surface area (Å²) in [5, 5.41) is 3.69. The maximum atomic E-state index is 3.69. The Kier molecular flexibility index (Phi) is 3.18. The summed E-state index contributed by atoms with van der Waals surface area (Å²) < 4.78 is 1.24. The molecule has 2 aliphatic carbocycles. The normalized spacial score (nSPS) is 31.4. The SMILES string of the molecule is Brc1ccc(CCNC2CC3CC=CC32)s1. The van der Waals surface area contributed by atoms with Gasteiger partial charge in [-0.1, -0.05) is 12.2 Å². The van der Waals surface area contributed by atoms with Crippen molar-refractivity contribution in [2.24, 2.45) is 11.8 Å². The molecular weight excluding hydrogens is 282 g/mol. The van der Waals surface area contributed by atoms with Crippen molar-refractivity contribution in [3.05, 3.63) is 32.9 Å². The largest absolute Gasteiger partial charge is 0.313 e. The van der Waals surface area contributed by atoms with E-state index in [1.807, 2.05) is 11.3 Å². The number of hydrogen-bond acceptors (Lipinski definition) is 2. The topological polar surface area (TPSA) is 12.0 Å². The average molecular weight is 298 g/mol. The molecule has 1 N–H and O–H groups in total. The first-order valence-corrected chi connectivity index (χ1v) is 7.58. The van der Waals surface area contributed by atoms with E-state index < -0.39 is 0 Å². The lowest BCUT2D eigenvalue weighted by Crippen LogP contribution is -2.48. The van der Waals surface area contributed by atoms with Gasteiger partial charge in [0.05, 0.1) is 3.79 Å². The van der Waals surface area contributed by atoms with Gasteiger partial charge in [-0.25, -0.2) is 0 Å². The highest BCUT2D eigenvalue weighted by molar-refractivity contribution is 9.11. The zero-order valence-corrected chi connectivity index (χ0v) is 11.6. The van der Waals surface area contributed by atoms with E-state index in [-0.39, 0.29) is 0 Å². The Morgan fingerprint density at radius 3 is 3.12 bits per heavy atom. The van der Waals surface area contributed by atoms with Gasteiger partial charge in [0.25, 0.3) is 0 Å². The van der Waals surface area contributed by atoms with E-state index in [1.54, 1.807) is 0 Å². The fraction of sp³-hybridized carbons (Fsp3) is 0.538. The van der Waals surface area contributed by atoms with E-state index in [1.165, 1.54) is 21.5 Å². The molecule has 86 valence electrons. The zero-order valence-electron chi connectivity index (χ0n) is 9.16. The molecule has 1 nitrogen and oxygen atoms in total. The Balaban J connectivity index is 1.42. The van der Waals surface area contributed by atoms with Crippen LogP contribution in [0.1, 0.15) is 17.7 Å². The molecule has 16 heavy (non-hydrogen) atoms. The number of rotatable bonds is 4. The Labute approximate surface area is 109 Å². The van der Waals surface area contributed by atoms with Crippen LogP contribution in [0.3, 0.4) is 0 Å². The third-order valence-electron chi connectivity index (χ3n) is 3.77. The van der Waals surface area contributed by atoms with Gasteiger partial charge in [-0.2, -0.15) is 0 Å². The molecule has 1 fully saturated rings. The highest BCUT2D eigenvalue weighted by Crippen LogP contribution is 2.42. The summed E-state index contributed by atoms with van der Waals surface area (Å²) in [5.74, 6) is 1.81. The molecule has 0 spiro atoms. The second-order valence-corrected chi connectivity index (χ2v) is 7.30. The van der Waals surface area contributed by atoms with Crippen LogP contribution < -0.4 is 5.32 Å². The molecule has 0 saturated heterocycles. The minimum Gasteiger partial charge on any atom is -0.313 e. The Hall–Kier alpha value is -0.120. The molecule has 1 aromatic heterocycles. The quantitative estimate of drug-likeness (QED) is 0.837. The van der Waals surface area contributed by atoms with Crippen LogP contribution in [-0.2, 0) is 6.42 Å². The highest BCUT2D eigenvalue weighted by Gasteiger charge is 2.40. The number of thiophene rings is 1. The first kappa shape index (κ1) is 11.0. The summed E-state index contributed by atoms with van der Waals surface area (Å²) in [6.07, 6.45) is 8.63. The van der Waals surface area contributed by atoms with E-state index in [0.717, 1.165) is 30.8 Å². The van der Waals surface area contributed by atoms with Crippen LogP contribution in [-0.4, -0.2) is 12.6 Å². The van der Waals surface area contributed by atoms with Gasteiger partial charge in [0.1, 0.15) is 0 Å². The summed E-state index contributed by atoms with van der Waals surface area (Å²) in [6, 6.07) is 5.11. The van der Waals surface area contributed by atoms with Gasteiger partial charge in [0.2, 0.25) is 0 Å². The molecule has 0 amide bonds. The summed E-state index contributed by atoms with van der Waals surface area (Å²) in [7, 11) is 0. The molecule has 3 rings (SSSR count). The van der Waals surface area contributed by atoms with Crippen molar-refractivity contribution in [3.63, 3.8) is 0 Å². The van der Waals surface area contributed by atoms with Crippen molar-refractivity contribution >= 4 is 27.3 Å². The van der Waals surface area contributed by atoms with Crippen LogP contribution in [0.5, 0.6) is 0 Å². The van der Waals surface area contributed by atoms with Gasteiger partial charge < -0.3 is 5.32 Å². The van der Waals surface area contributed by atoms with Crippen molar-refractivity contribution in [1.29, 1.82) is 0 Å². The summed E-state index contributed by atoms with van der Waals surface area (Å²) in [5.41, 5.74) is 0. The standard InChI is InChI=1S/C13H16BrNS/c14-13-5-4-10(16-13)6-7-15-12-8-9-2-1-3-11(9)12/h1,3-5,9,11-12,15H,2,6-8H2. The second kappa shape index (κ2) is 4.63. The molecule has 3 atom stereocenters. The molecule has 3 heteroatoms. The maximum Gasteiger partial charge on any atom is 0.0701 e. The van der Waals surface area contributed by atoms with Gasteiger partial charge in [-0.05, 0) is 59.2 Å². The summed E-state index contributed by atoms with van der Waals surface area (Å²) in [6.45, 7) is 1.12. The van der Waals surface area contributed by atoms with Crippen LogP contribution in [0.4, 0.5) is 0 Å². The second-order valence-electron chi connectivity index (χ2n) is 4.75. The molecule has 1 saturated carbocycles. The Morgan fingerprint density at radius 1 is 1.44 bits per heavy atom. The van der Waals surface area contributed by atoms with Gasteiger partial charge in [-0.15, -0.1) is 11.3 Å². The molecule has 0 aliphatic heterocycles. The van der Waals surface area contributed by atoms with Gasteiger partial charge in [0.15, 0.2) is 0 Å². The van der Waals surface area contributed by atoms with Crippen molar-refractivity contribution < 1.29 is 0 Å². The van der Waals surface area contributed by atoms with E-state index in [2.05, 4.69) is 45.5 Å². The minimum atomic E-state index is 0.757. The molecule has 0 aromatic carbocycles. The van der Waals surface area contributed by atoms with E-state index in [0.29, 0.717) is 0 Å². The third-order valence-corrected chi connectivity index (χ3v) is 5.45. The first-order chi connectivity index (χ1) is 7.83. The monoisotopic (exact) mass is 297 g/mol. The predicted octanol–water partition coefficient (Wildman–Crippen LogP) is 3.61. The fourth-order valence-corrected chi connectivity index (χ4v) is 4.30. The van der Waals surface area contributed by atoms with Crippen LogP contribution in [0.25, 0.3) is 0 Å². The molecule has 0 bridgehead atoms. The van der Waals surface area contributed by atoms with Gasteiger partial charge in [0, 0.05) is 17.5 Å². The zero-order chi connectivity index (χ0) is 11.0. The third kappa shape index (κ3) is 2.13. The van der Waals surface area contributed by atoms with Gasteiger partial charge >= 0.3 is 0 Å². The van der Waals surface area contributed by atoms with Crippen LogP contribution >= 0.6 is 27.3 Å². The predicted molar refractivity (Wildman–Crippen MR) is 72.9 cm³/mol. The van der Waals surface area contributed by atoms with Crippen molar-refractivity contribution in [2.45, 2.75) is 25.3 Å². The van der Waals surface area contributed by atoms with E-state index in [9.17, 15) is 0 Å². The lowest BCUT2D eigenvalue weighted by Gasteiger charge is -2.40. The molecule has 3 unspecified atom stereocenters. The molecule has 1 heterocycles. The lowest BCUT2D eigenvalue weighted by molar-refractivity contribution is 0.164. The molecular formula is C13H16BrNS. The number of fused-ring (bicyclic) bond motifs is 1. The molecule has 2 aliphatic rings. The van der Waals surface area contributed by atoms with E-state index >= 15 is 0 Å². The Morgan fingerprint density at radius 2 is 2.38 bits per heavy atom. The van der Waals surface area contributed by atoms with Crippen LogP contribution in [0.2, 0.25) is 0 Å². The number of nitrogens with one attached hydrogen (secondary N) is 1. The number of halogens is 1. The fourth-order valence-electron chi connectivity index (χ4n) is 2.81. The number of allylic oxidation sites excluding steroid dienone is 1. The highest BCUT2D eigenvalue weighted by atomic mass is 79.9. The Bertz CT molecular complexity index is 398. The summed E-state index contributed by atoms with van der Waals surface area (Å²) in [4.78, 5) is 1.47. The molecule has 0 radical (unpaired) electrons. The van der Waals surface area contributed by atoms with Crippen LogP contribution in [0.15, 0.2) is 28.1 Å². The summed E-state index contributed by atoms with van der Waals surface area (Å²) >= 11 is 5.35. The number of hydrogen-bond donors (Lipinski definition) is 1. The van der Waals surface area contributed by atoms with E-state index in [4.69, 9.17) is 0 Å². The maximum absolute atomic E-state index is 3.69.